The van der Waals surface area contributed by atoms with E-state index in [2.05, 4.69) is 15.2 Å². The molecule has 0 atom stereocenters. The van der Waals surface area contributed by atoms with E-state index in [-0.39, 0.29) is 21.2 Å². The van der Waals surface area contributed by atoms with Crippen LogP contribution in [0.1, 0.15) is 22.8 Å². The molecule has 0 saturated heterocycles. The Balaban J connectivity index is 1.77. The molecule has 9 heteroatoms. The van der Waals surface area contributed by atoms with Crippen LogP contribution in [0.4, 0.5) is 5.69 Å². The molecule has 0 aliphatic carbocycles. The third kappa shape index (κ3) is 5.38. The standard InChI is InChI=1S/C21H17Cl2N3O3S/c1-14(15-9-11-17(22)12-10-15)24-25-21(27)16-5-4-6-18(13-16)30(28,29)26-20-8-3-2-7-19(20)23/h2-13,26H,1H3,(H,25,27). The van der Waals surface area contributed by atoms with E-state index in [9.17, 15) is 13.2 Å². The average Bonchev–Trinajstić information content (AvgIpc) is 2.74. The number of amides is 1. The van der Waals surface area contributed by atoms with Gasteiger partial charge in [-0.1, -0.05) is 53.5 Å². The number of sulfonamides is 1. The molecule has 6 nitrogen and oxygen atoms in total. The molecule has 0 heterocycles. The smallest absolute Gasteiger partial charge is 0.271 e. The zero-order valence-electron chi connectivity index (χ0n) is 15.8. The van der Waals surface area contributed by atoms with Crippen molar-refractivity contribution in [3.05, 3.63) is 94.0 Å². The summed E-state index contributed by atoms with van der Waals surface area (Å²) in [4.78, 5) is 12.4. The SMILES string of the molecule is CC(=NNC(=O)c1cccc(S(=O)(=O)Nc2ccccc2Cl)c1)c1ccc(Cl)cc1. The second-order valence-electron chi connectivity index (χ2n) is 6.26. The molecule has 154 valence electrons. The summed E-state index contributed by atoms with van der Waals surface area (Å²) >= 11 is 11.9. The van der Waals surface area contributed by atoms with Gasteiger partial charge in [-0.15, -0.1) is 0 Å². The van der Waals surface area contributed by atoms with Gasteiger partial charge in [0.15, 0.2) is 0 Å². The van der Waals surface area contributed by atoms with Crippen LogP contribution >= 0.6 is 23.2 Å². The molecule has 1 amide bonds. The highest BCUT2D eigenvalue weighted by Gasteiger charge is 2.17. The number of hydrogen-bond acceptors (Lipinski definition) is 4. The van der Waals surface area contributed by atoms with E-state index in [1.165, 1.54) is 24.3 Å². The van der Waals surface area contributed by atoms with Gasteiger partial charge < -0.3 is 0 Å². The highest BCUT2D eigenvalue weighted by Crippen LogP contribution is 2.24. The van der Waals surface area contributed by atoms with Gasteiger partial charge in [0.1, 0.15) is 0 Å². The minimum absolute atomic E-state index is 0.0755. The Morgan fingerprint density at radius 2 is 1.60 bits per heavy atom. The number of halogens is 2. The normalized spacial score (nSPS) is 11.8. The first kappa shape index (κ1) is 21.8. The molecule has 0 bridgehead atoms. The number of nitrogens with one attached hydrogen (secondary N) is 2. The minimum Gasteiger partial charge on any atom is -0.278 e. The minimum atomic E-state index is -3.93. The van der Waals surface area contributed by atoms with Crippen molar-refractivity contribution in [2.45, 2.75) is 11.8 Å². The van der Waals surface area contributed by atoms with Crippen molar-refractivity contribution >= 4 is 50.5 Å². The van der Waals surface area contributed by atoms with Gasteiger partial charge in [-0.2, -0.15) is 5.10 Å². The Morgan fingerprint density at radius 3 is 2.30 bits per heavy atom. The van der Waals surface area contributed by atoms with E-state index < -0.39 is 15.9 Å². The fourth-order valence-corrected chi connectivity index (χ4v) is 4.00. The van der Waals surface area contributed by atoms with Gasteiger partial charge in [-0.25, -0.2) is 13.8 Å². The van der Waals surface area contributed by atoms with Crippen LogP contribution in [0.15, 0.2) is 82.8 Å². The Hall–Kier alpha value is -2.87. The molecule has 0 aliphatic heterocycles. The lowest BCUT2D eigenvalue weighted by Gasteiger charge is -2.10. The molecular formula is C21H17Cl2N3O3S. The van der Waals surface area contributed by atoms with Gasteiger partial charge in [0.05, 0.1) is 21.3 Å². The van der Waals surface area contributed by atoms with E-state index in [0.717, 1.165) is 5.56 Å². The van der Waals surface area contributed by atoms with Crippen molar-refractivity contribution in [2.75, 3.05) is 4.72 Å². The summed E-state index contributed by atoms with van der Waals surface area (Å²) < 4.78 is 27.8. The second-order valence-corrected chi connectivity index (χ2v) is 8.78. The highest BCUT2D eigenvalue weighted by atomic mass is 35.5. The van der Waals surface area contributed by atoms with Gasteiger partial charge in [0.2, 0.25) is 0 Å². The first-order valence-electron chi connectivity index (χ1n) is 8.74. The van der Waals surface area contributed by atoms with Gasteiger partial charge in [-0.3, -0.25) is 9.52 Å². The molecule has 0 aromatic heterocycles. The summed E-state index contributed by atoms with van der Waals surface area (Å²) in [6, 6.07) is 19.1. The maximum Gasteiger partial charge on any atom is 0.271 e. The third-order valence-electron chi connectivity index (χ3n) is 4.11. The number of anilines is 1. The molecule has 3 aromatic rings. The van der Waals surface area contributed by atoms with Crippen LogP contribution < -0.4 is 10.1 Å². The molecule has 0 aliphatic rings. The number of nitrogens with zero attached hydrogens (tertiary/aromatic N) is 1. The first-order valence-corrected chi connectivity index (χ1v) is 11.0. The molecule has 3 aromatic carbocycles. The van der Waals surface area contributed by atoms with Crippen LogP contribution in [0.2, 0.25) is 10.0 Å². The van der Waals surface area contributed by atoms with E-state index in [1.807, 2.05) is 0 Å². The van der Waals surface area contributed by atoms with Gasteiger partial charge in [0, 0.05) is 10.6 Å². The van der Waals surface area contributed by atoms with E-state index in [1.54, 1.807) is 55.5 Å². The summed E-state index contributed by atoms with van der Waals surface area (Å²) in [7, 11) is -3.93. The van der Waals surface area contributed by atoms with Crippen LogP contribution in [0, 0.1) is 0 Å². The van der Waals surface area contributed by atoms with Crippen LogP contribution in [0.5, 0.6) is 0 Å². The highest BCUT2D eigenvalue weighted by molar-refractivity contribution is 7.92. The van der Waals surface area contributed by atoms with Crippen molar-refractivity contribution in [2.24, 2.45) is 5.10 Å². The fraction of sp³-hybridized carbons (Fsp3) is 0.0476. The zero-order chi connectivity index (χ0) is 21.7. The van der Waals surface area contributed by atoms with Crippen molar-refractivity contribution in [1.29, 1.82) is 0 Å². The Morgan fingerprint density at radius 1 is 0.900 bits per heavy atom. The van der Waals surface area contributed by atoms with Crippen LogP contribution in [0.3, 0.4) is 0 Å². The Labute approximate surface area is 184 Å². The number of rotatable bonds is 6. The van der Waals surface area contributed by atoms with Crippen molar-refractivity contribution < 1.29 is 13.2 Å². The topological polar surface area (TPSA) is 87.6 Å². The monoisotopic (exact) mass is 461 g/mol. The molecule has 0 spiro atoms. The van der Waals surface area contributed by atoms with Gasteiger partial charge in [0.25, 0.3) is 15.9 Å². The number of carbonyl (C=O) groups is 1. The third-order valence-corrected chi connectivity index (χ3v) is 6.06. The van der Waals surface area contributed by atoms with Crippen molar-refractivity contribution in [3.63, 3.8) is 0 Å². The lowest BCUT2D eigenvalue weighted by Crippen LogP contribution is -2.20. The van der Waals surface area contributed by atoms with Crippen LogP contribution in [-0.2, 0) is 10.0 Å². The largest absolute Gasteiger partial charge is 0.278 e. The number of carbonyl (C=O) groups excluding carboxylic acids is 1. The predicted molar refractivity (Wildman–Crippen MR) is 120 cm³/mol. The van der Waals surface area contributed by atoms with Gasteiger partial charge in [-0.05, 0) is 55.0 Å². The number of para-hydroxylation sites is 1. The molecule has 0 fully saturated rings. The van der Waals surface area contributed by atoms with E-state index in [4.69, 9.17) is 23.2 Å². The zero-order valence-corrected chi connectivity index (χ0v) is 18.1. The Kier molecular flexibility index (Phi) is 6.77. The summed E-state index contributed by atoms with van der Waals surface area (Å²) in [5.74, 6) is -0.543. The van der Waals surface area contributed by atoms with E-state index in [0.29, 0.717) is 10.7 Å². The summed E-state index contributed by atoms with van der Waals surface area (Å²) in [5, 5.41) is 4.93. The summed E-state index contributed by atoms with van der Waals surface area (Å²) in [6.07, 6.45) is 0. The Bertz CT molecular complexity index is 1210. The summed E-state index contributed by atoms with van der Waals surface area (Å²) in [6.45, 7) is 1.73. The number of hydrazone groups is 1. The number of hydrogen-bond donors (Lipinski definition) is 2. The summed E-state index contributed by atoms with van der Waals surface area (Å²) in [5.41, 5.74) is 4.18. The van der Waals surface area contributed by atoms with Crippen molar-refractivity contribution in [3.8, 4) is 0 Å². The molecule has 30 heavy (non-hydrogen) atoms. The average molecular weight is 462 g/mol. The fourth-order valence-electron chi connectivity index (χ4n) is 2.51. The lowest BCUT2D eigenvalue weighted by molar-refractivity contribution is 0.0954. The second kappa shape index (κ2) is 9.30. The molecule has 0 radical (unpaired) electrons. The maximum atomic E-state index is 12.7. The molecule has 0 saturated carbocycles. The van der Waals surface area contributed by atoms with Crippen LogP contribution in [0.25, 0.3) is 0 Å². The first-order chi connectivity index (χ1) is 14.3. The predicted octanol–water partition coefficient (Wildman–Crippen LogP) is 4.95. The van der Waals surface area contributed by atoms with E-state index >= 15 is 0 Å². The maximum absolute atomic E-state index is 12.7. The number of benzene rings is 3. The lowest BCUT2D eigenvalue weighted by atomic mass is 10.1. The van der Waals surface area contributed by atoms with Crippen molar-refractivity contribution in [1.82, 2.24) is 5.43 Å². The van der Waals surface area contributed by atoms with Crippen LogP contribution in [-0.4, -0.2) is 20.0 Å². The molecule has 3 rings (SSSR count). The van der Waals surface area contributed by atoms with Gasteiger partial charge >= 0.3 is 0 Å². The molecular weight excluding hydrogens is 445 g/mol. The quantitative estimate of drug-likeness (QED) is 0.402. The molecule has 0 unspecified atom stereocenters. The molecule has 2 N–H and O–H groups in total.